The summed E-state index contributed by atoms with van der Waals surface area (Å²) in [5.41, 5.74) is 0.766. The van der Waals surface area contributed by atoms with Gasteiger partial charge in [-0.15, -0.1) is 0 Å². The van der Waals surface area contributed by atoms with Crippen LogP contribution in [0, 0.1) is 5.92 Å². The summed E-state index contributed by atoms with van der Waals surface area (Å²) in [6, 6.07) is 2.49. The zero-order chi connectivity index (χ0) is 18.2. The van der Waals surface area contributed by atoms with E-state index in [-0.39, 0.29) is 24.5 Å². The Labute approximate surface area is 147 Å². The lowest BCUT2D eigenvalue weighted by Crippen LogP contribution is -2.52. The Morgan fingerprint density at radius 2 is 2.24 bits per heavy atom. The molecule has 2 amide bonds. The first-order valence-electron chi connectivity index (χ1n) is 8.47. The fourth-order valence-electron chi connectivity index (χ4n) is 2.61. The third-order valence-electron chi connectivity index (χ3n) is 3.92. The van der Waals surface area contributed by atoms with Gasteiger partial charge in [-0.05, 0) is 18.4 Å². The van der Waals surface area contributed by atoms with Gasteiger partial charge >= 0.3 is 6.09 Å². The molecule has 1 aliphatic rings. The van der Waals surface area contributed by atoms with Crippen LogP contribution in [0.1, 0.15) is 25.8 Å². The van der Waals surface area contributed by atoms with E-state index in [9.17, 15) is 14.7 Å². The highest BCUT2D eigenvalue weighted by atomic mass is 16.5. The molecule has 25 heavy (non-hydrogen) atoms. The lowest BCUT2D eigenvalue weighted by atomic mass is 10.0. The summed E-state index contributed by atoms with van der Waals surface area (Å²) in [4.78, 5) is 28.4. The van der Waals surface area contributed by atoms with Gasteiger partial charge in [-0.1, -0.05) is 19.9 Å². The van der Waals surface area contributed by atoms with Crippen molar-refractivity contribution < 1.29 is 19.4 Å². The number of hydrogen-bond acceptors (Lipinski definition) is 6. The molecule has 8 nitrogen and oxygen atoms in total. The fourth-order valence-corrected chi connectivity index (χ4v) is 2.61. The van der Waals surface area contributed by atoms with Crippen molar-refractivity contribution in [3.05, 3.63) is 30.1 Å². The molecular weight excluding hydrogens is 324 g/mol. The molecule has 4 N–H and O–H groups in total. The first-order valence-corrected chi connectivity index (χ1v) is 8.47. The summed E-state index contributed by atoms with van der Waals surface area (Å²) in [5, 5.41) is 18.2. The Morgan fingerprint density at radius 1 is 1.44 bits per heavy atom. The van der Waals surface area contributed by atoms with E-state index in [1.54, 1.807) is 24.5 Å². The topological polar surface area (TPSA) is 113 Å². The molecule has 1 aliphatic heterocycles. The van der Waals surface area contributed by atoms with Crippen LogP contribution < -0.4 is 16.0 Å². The van der Waals surface area contributed by atoms with Crippen LogP contribution in [0.5, 0.6) is 0 Å². The van der Waals surface area contributed by atoms with Gasteiger partial charge in [-0.25, -0.2) is 4.79 Å². The number of alkyl carbamates (subject to hydrolysis) is 1. The second kappa shape index (κ2) is 9.33. The summed E-state index contributed by atoms with van der Waals surface area (Å²) >= 11 is 0. The number of pyridine rings is 1. The molecule has 1 aromatic heterocycles. The maximum Gasteiger partial charge on any atom is 0.408 e. The Bertz CT molecular complexity index is 567. The quantitative estimate of drug-likeness (QED) is 0.558. The van der Waals surface area contributed by atoms with Crippen LogP contribution in [0.15, 0.2) is 24.5 Å². The molecule has 0 spiro atoms. The van der Waals surface area contributed by atoms with E-state index in [0.717, 1.165) is 5.56 Å². The van der Waals surface area contributed by atoms with Gasteiger partial charge in [0.1, 0.15) is 12.6 Å². The SMILES string of the molecule is CC(C)C[C@H](NC(=O)OCc1cccnc1)C(=O)NC1CNCC1O. The Hall–Kier alpha value is -2.19. The molecule has 0 aromatic carbocycles. The van der Waals surface area contributed by atoms with Gasteiger partial charge in [-0.2, -0.15) is 0 Å². The molecule has 1 saturated heterocycles. The van der Waals surface area contributed by atoms with Gasteiger partial charge in [0.05, 0.1) is 12.1 Å². The van der Waals surface area contributed by atoms with Crippen LogP contribution in [0.2, 0.25) is 0 Å². The first-order chi connectivity index (χ1) is 12.0. The summed E-state index contributed by atoms with van der Waals surface area (Å²) in [7, 11) is 0. The molecular formula is C17H26N4O4. The highest BCUT2D eigenvalue weighted by molar-refractivity contribution is 5.85. The van der Waals surface area contributed by atoms with E-state index >= 15 is 0 Å². The zero-order valence-electron chi connectivity index (χ0n) is 14.6. The van der Waals surface area contributed by atoms with Crippen molar-refractivity contribution in [2.24, 2.45) is 5.92 Å². The van der Waals surface area contributed by atoms with E-state index in [0.29, 0.717) is 19.5 Å². The minimum atomic E-state index is -0.714. The number of carbonyl (C=O) groups excluding carboxylic acids is 2. The monoisotopic (exact) mass is 350 g/mol. The van der Waals surface area contributed by atoms with Gasteiger partial charge in [0.15, 0.2) is 0 Å². The van der Waals surface area contributed by atoms with Crippen molar-refractivity contribution in [2.45, 2.75) is 45.1 Å². The third-order valence-corrected chi connectivity index (χ3v) is 3.92. The average Bonchev–Trinajstić information content (AvgIpc) is 2.98. The number of ether oxygens (including phenoxy) is 1. The number of rotatable bonds is 7. The number of nitrogens with zero attached hydrogens (tertiary/aromatic N) is 1. The number of amides is 2. The summed E-state index contributed by atoms with van der Waals surface area (Å²) in [6.45, 7) is 4.97. The first kappa shape index (κ1) is 19.1. The maximum absolute atomic E-state index is 12.5. The zero-order valence-corrected chi connectivity index (χ0v) is 14.6. The number of nitrogens with one attached hydrogen (secondary N) is 3. The minimum absolute atomic E-state index is 0.0843. The molecule has 2 unspecified atom stereocenters. The standard InChI is InChI=1S/C17H26N4O4/c1-11(2)6-13(16(23)20-14-8-19-9-15(14)22)21-17(24)25-10-12-4-3-5-18-7-12/h3-5,7,11,13-15,19,22H,6,8-10H2,1-2H3,(H,20,23)(H,21,24)/t13-,14?,15?/m0/s1. The van der Waals surface area contributed by atoms with Crippen molar-refractivity contribution in [3.63, 3.8) is 0 Å². The molecule has 1 aromatic rings. The Morgan fingerprint density at radius 3 is 2.84 bits per heavy atom. The molecule has 3 atom stereocenters. The lowest BCUT2D eigenvalue weighted by Gasteiger charge is -2.23. The van der Waals surface area contributed by atoms with Gasteiger partial charge in [0.2, 0.25) is 5.91 Å². The molecule has 2 heterocycles. The second-order valence-corrected chi connectivity index (χ2v) is 6.60. The predicted octanol–water partition coefficient (Wildman–Crippen LogP) is 0.171. The fraction of sp³-hybridized carbons (Fsp3) is 0.588. The number of carbonyl (C=O) groups is 2. The van der Waals surface area contributed by atoms with E-state index in [1.165, 1.54) is 0 Å². The van der Waals surface area contributed by atoms with E-state index in [1.807, 2.05) is 13.8 Å². The minimum Gasteiger partial charge on any atom is -0.445 e. The average molecular weight is 350 g/mol. The van der Waals surface area contributed by atoms with Crippen molar-refractivity contribution in [1.29, 1.82) is 0 Å². The molecule has 138 valence electrons. The Balaban J connectivity index is 1.87. The number of hydrogen-bond donors (Lipinski definition) is 4. The third kappa shape index (κ3) is 6.32. The second-order valence-electron chi connectivity index (χ2n) is 6.60. The molecule has 0 aliphatic carbocycles. The van der Waals surface area contributed by atoms with Crippen molar-refractivity contribution in [1.82, 2.24) is 20.9 Å². The molecule has 1 fully saturated rings. The number of aliphatic hydroxyl groups is 1. The number of β-amino-alcohol motifs (C(OH)–C–C–N with tert-alkyl or cyclic N) is 1. The van der Waals surface area contributed by atoms with Gasteiger partial charge < -0.3 is 25.8 Å². The normalized spacial score (nSPS) is 21.0. The van der Waals surface area contributed by atoms with Crippen LogP contribution in [-0.4, -0.2) is 53.4 Å². The number of aliphatic hydroxyl groups excluding tert-OH is 1. The highest BCUT2D eigenvalue weighted by Crippen LogP contribution is 2.08. The van der Waals surface area contributed by atoms with Crippen molar-refractivity contribution in [2.75, 3.05) is 13.1 Å². The lowest BCUT2D eigenvalue weighted by molar-refractivity contribution is -0.124. The van der Waals surface area contributed by atoms with Crippen LogP contribution in [0.4, 0.5) is 4.79 Å². The van der Waals surface area contributed by atoms with E-state index in [2.05, 4.69) is 20.9 Å². The van der Waals surface area contributed by atoms with E-state index in [4.69, 9.17) is 4.74 Å². The largest absolute Gasteiger partial charge is 0.445 e. The molecule has 0 radical (unpaired) electrons. The predicted molar refractivity (Wildman–Crippen MR) is 91.6 cm³/mol. The molecule has 2 rings (SSSR count). The molecule has 8 heteroatoms. The van der Waals surface area contributed by atoms with Crippen LogP contribution >= 0.6 is 0 Å². The van der Waals surface area contributed by atoms with Crippen LogP contribution in [0.25, 0.3) is 0 Å². The van der Waals surface area contributed by atoms with Crippen LogP contribution in [-0.2, 0) is 16.1 Å². The van der Waals surface area contributed by atoms with Gasteiger partial charge in [-0.3, -0.25) is 9.78 Å². The van der Waals surface area contributed by atoms with Crippen molar-refractivity contribution in [3.8, 4) is 0 Å². The summed E-state index contributed by atoms with van der Waals surface area (Å²) < 4.78 is 5.15. The molecule has 0 saturated carbocycles. The van der Waals surface area contributed by atoms with E-state index < -0.39 is 18.2 Å². The maximum atomic E-state index is 12.5. The van der Waals surface area contributed by atoms with Crippen molar-refractivity contribution >= 4 is 12.0 Å². The summed E-state index contributed by atoms with van der Waals surface area (Å²) in [5.74, 6) is -0.110. The smallest absolute Gasteiger partial charge is 0.408 e. The number of aromatic nitrogens is 1. The molecule has 0 bridgehead atoms. The van der Waals surface area contributed by atoms with Gasteiger partial charge in [0.25, 0.3) is 0 Å². The highest BCUT2D eigenvalue weighted by Gasteiger charge is 2.30. The van der Waals surface area contributed by atoms with Gasteiger partial charge in [0, 0.05) is 31.0 Å². The summed E-state index contributed by atoms with van der Waals surface area (Å²) in [6.07, 6.45) is 2.44. The van der Waals surface area contributed by atoms with Crippen LogP contribution in [0.3, 0.4) is 0 Å². The Kier molecular flexibility index (Phi) is 7.15.